The maximum atomic E-state index is 12.1. The summed E-state index contributed by atoms with van der Waals surface area (Å²) in [6.45, 7) is 3.67. The molecule has 9 heteroatoms. The highest BCUT2D eigenvalue weighted by Gasteiger charge is 2.27. The Kier molecular flexibility index (Phi) is 8.17. The van der Waals surface area contributed by atoms with Gasteiger partial charge in [0.25, 0.3) is 0 Å². The zero-order valence-corrected chi connectivity index (χ0v) is 14.1. The number of nitrogens with zero attached hydrogens (tertiary/aromatic N) is 2. The molecule has 1 unspecified atom stereocenters. The number of rotatable bonds is 4. The molecule has 21 heavy (non-hydrogen) atoms. The Balaban J connectivity index is 2.68. The maximum absolute atomic E-state index is 12.1. The molecule has 1 rings (SSSR count). The van der Waals surface area contributed by atoms with Crippen molar-refractivity contribution in [2.24, 2.45) is 5.73 Å². The Hall–Kier alpha value is -1.25. The van der Waals surface area contributed by atoms with Crippen molar-refractivity contribution in [3.8, 4) is 12.0 Å². The Morgan fingerprint density at radius 3 is 2.90 bits per heavy atom. The predicted octanol–water partition coefficient (Wildman–Crippen LogP) is 0.741. The van der Waals surface area contributed by atoms with Gasteiger partial charge in [-0.2, -0.15) is 0 Å². The molecule has 0 aliphatic carbocycles. The summed E-state index contributed by atoms with van der Waals surface area (Å²) in [5.74, 6) is 2.67. The lowest BCUT2D eigenvalue weighted by molar-refractivity contribution is -0.0413. The summed E-state index contributed by atoms with van der Waals surface area (Å²) in [7, 11) is 0. The second-order valence-electron chi connectivity index (χ2n) is 4.32. The molecular formula is C12H20IN5O3. The van der Waals surface area contributed by atoms with Gasteiger partial charge in [-0.1, -0.05) is 41.9 Å². The van der Waals surface area contributed by atoms with Crippen LogP contribution in [-0.2, 0) is 4.74 Å². The van der Waals surface area contributed by atoms with Crippen LogP contribution in [0.2, 0.25) is 0 Å². The number of hydrazine groups is 2. The van der Waals surface area contributed by atoms with Crippen LogP contribution in [0.1, 0.15) is 26.2 Å². The van der Waals surface area contributed by atoms with Crippen LogP contribution in [0.5, 0.6) is 0 Å². The third-order valence-electron chi connectivity index (χ3n) is 2.67. The van der Waals surface area contributed by atoms with E-state index < -0.39 is 18.4 Å². The van der Waals surface area contributed by atoms with Gasteiger partial charge >= 0.3 is 12.1 Å². The SMILES string of the molecule is CCCC(OC(=O)N(C#CCI)NC(N)=O)N1CCCN1. The third kappa shape index (κ3) is 6.36. The number of halogens is 1. The van der Waals surface area contributed by atoms with E-state index in [4.69, 9.17) is 10.5 Å². The van der Waals surface area contributed by atoms with Gasteiger partial charge < -0.3 is 10.5 Å². The molecule has 1 heterocycles. The van der Waals surface area contributed by atoms with Crippen LogP contribution >= 0.6 is 22.6 Å². The molecule has 0 spiro atoms. The molecule has 0 aromatic heterocycles. The minimum atomic E-state index is -0.874. The summed E-state index contributed by atoms with van der Waals surface area (Å²) >= 11 is 2.03. The Labute approximate surface area is 137 Å². The average Bonchev–Trinajstić information content (AvgIpc) is 2.96. The third-order valence-corrected chi connectivity index (χ3v) is 3.05. The van der Waals surface area contributed by atoms with Crippen molar-refractivity contribution < 1.29 is 14.3 Å². The summed E-state index contributed by atoms with van der Waals surface area (Å²) in [6, 6.07) is 1.61. The monoisotopic (exact) mass is 409 g/mol. The molecule has 4 N–H and O–H groups in total. The Morgan fingerprint density at radius 2 is 2.38 bits per heavy atom. The second-order valence-corrected chi connectivity index (χ2v) is 5.08. The first kappa shape index (κ1) is 17.8. The van der Waals surface area contributed by atoms with Crippen LogP contribution in [0.4, 0.5) is 9.59 Å². The van der Waals surface area contributed by atoms with E-state index in [1.165, 1.54) is 0 Å². The van der Waals surface area contributed by atoms with Crippen LogP contribution in [0, 0.1) is 12.0 Å². The smallest absolute Gasteiger partial charge is 0.427 e. The number of carbonyl (C=O) groups is 2. The van der Waals surface area contributed by atoms with Gasteiger partial charge in [-0.25, -0.2) is 20.0 Å². The lowest BCUT2D eigenvalue weighted by atomic mass is 10.3. The highest BCUT2D eigenvalue weighted by atomic mass is 127. The number of amides is 3. The number of urea groups is 1. The molecule has 1 aliphatic heterocycles. The topological polar surface area (TPSA) is 99.9 Å². The van der Waals surface area contributed by atoms with Crippen molar-refractivity contribution in [3.05, 3.63) is 0 Å². The van der Waals surface area contributed by atoms with Gasteiger partial charge in [0, 0.05) is 19.1 Å². The molecule has 1 aliphatic rings. The molecule has 118 valence electrons. The standard InChI is InChI=1S/C12H20IN5O3/c1-2-5-10(17-9-4-7-15-17)21-12(20)18(8-3-6-13)16-11(14)19/h10,15H,2,4-7,9H2,1H3,(H3,14,16,19). The van der Waals surface area contributed by atoms with Crippen molar-refractivity contribution in [1.29, 1.82) is 0 Å². The quantitative estimate of drug-likeness (QED) is 0.209. The molecule has 0 aromatic carbocycles. The number of nitrogens with one attached hydrogen (secondary N) is 2. The molecule has 0 aromatic rings. The van der Waals surface area contributed by atoms with Gasteiger partial charge in [0.15, 0.2) is 6.23 Å². The number of ether oxygens (including phenoxy) is 1. The number of hydrogen-bond acceptors (Lipinski definition) is 5. The minimum Gasteiger partial charge on any atom is -0.427 e. The van der Waals surface area contributed by atoms with E-state index in [9.17, 15) is 9.59 Å². The summed E-state index contributed by atoms with van der Waals surface area (Å²) < 4.78 is 5.92. The van der Waals surface area contributed by atoms with E-state index in [1.54, 1.807) is 0 Å². The molecule has 3 amide bonds. The van der Waals surface area contributed by atoms with E-state index in [2.05, 4.69) is 22.8 Å². The average molecular weight is 409 g/mol. The van der Waals surface area contributed by atoms with E-state index in [0.29, 0.717) is 10.8 Å². The van der Waals surface area contributed by atoms with Gasteiger partial charge in [-0.05, 0) is 12.8 Å². The van der Waals surface area contributed by atoms with Crippen LogP contribution in [0.3, 0.4) is 0 Å². The van der Waals surface area contributed by atoms with Crippen molar-refractivity contribution in [3.63, 3.8) is 0 Å². The molecular weight excluding hydrogens is 389 g/mol. The molecule has 0 saturated carbocycles. The van der Waals surface area contributed by atoms with Gasteiger partial charge in [0.2, 0.25) is 0 Å². The van der Waals surface area contributed by atoms with E-state index in [1.807, 2.05) is 34.5 Å². The van der Waals surface area contributed by atoms with Crippen molar-refractivity contribution in [2.75, 3.05) is 17.5 Å². The Morgan fingerprint density at radius 1 is 1.62 bits per heavy atom. The fourth-order valence-corrected chi connectivity index (χ4v) is 2.00. The molecule has 0 radical (unpaired) electrons. The van der Waals surface area contributed by atoms with Crippen LogP contribution in [0.25, 0.3) is 0 Å². The molecule has 1 fully saturated rings. The molecule has 1 atom stereocenters. The zero-order valence-electron chi connectivity index (χ0n) is 11.9. The first-order chi connectivity index (χ1) is 10.1. The van der Waals surface area contributed by atoms with Crippen molar-refractivity contribution >= 4 is 34.7 Å². The largest absolute Gasteiger partial charge is 0.442 e. The summed E-state index contributed by atoms with van der Waals surface area (Å²) in [4.78, 5) is 23.0. The lowest BCUT2D eigenvalue weighted by Crippen LogP contribution is -2.50. The minimum absolute atomic E-state index is 0.399. The van der Waals surface area contributed by atoms with Gasteiger partial charge in [0.1, 0.15) is 0 Å². The fraction of sp³-hybridized carbons (Fsp3) is 0.667. The van der Waals surface area contributed by atoms with Crippen molar-refractivity contribution in [2.45, 2.75) is 32.4 Å². The summed E-state index contributed by atoms with van der Waals surface area (Å²) in [5, 5.41) is 2.66. The number of carbonyl (C=O) groups excluding carboxylic acids is 2. The van der Waals surface area contributed by atoms with Crippen molar-refractivity contribution in [1.82, 2.24) is 20.9 Å². The van der Waals surface area contributed by atoms with E-state index in [0.717, 1.165) is 30.9 Å². The second kappa shape index (κ2) is 9.64. The number of primary amides is 1. The molecule has 1 saturated heterocycles. The van der Waals surface area contributed by atoms with Gasteiger partial charge in [0.05, 0.1) is 4.43 Å². The van der Waals surface area contributed by atoms with Gasteiger partial charge in [-0.3, -0.25) is 5.43 Å². The van der Waals surface area contributed by atoms with E-state index >= 15 is 0 Å². The van der Waals surface area contributed by atoms with Crippen LogP contribution < -0.4 is 16.6 Å². The highest BCUT2D eigenvalue weighted by molar-refractivity contribution is 14.1. The summed E-state index contributed by atoms with van der Waals surface area (Å²) in [6.07, 6.45) is 1.39. The first-order valence-electron chi connectivity index (χ1n) is 6.70. The zero-order chi connectivity index (χ0) is 15.7. The predicted molar refractivity (Wildman–Crippen MR) is 85.7 cm³/mol. The van der Waals surface area contributed by atoms with Crippen LogP contribution in [0.15, 0.2) is 0 Å². The number of nitrogens with two attached hydrogens (primary N) is 1. The van der Waals surface area contributed by atoms with Crippen LogP contribution in [-0.4, -0.2) is 45.9 Å². The fourth-order valence-electron chi connectivity index (χ4n) is 1.83. The highest BCUT2D eigenvalue weighted by Crippen LogP contribution is 2.12. The normalized spacial score (nSPS) is 15.7. The molecule has 8 nitrogen and oxygen atoms in total. The molecule has 0 bridgehead atoms. The van der Waals surface area contributed by atoms with Gasteiger partial charge in [-0.15, -0.1) is 5.01 Å². The first-order valence-corrected chi connectivity index (χ1v) is 8.22. The Bertz CT molecular complexity index is 417. The number of alkyl halides is 1. The van der Waals surface area contributed by atoms with E-state index in [-0.39, 0.29) is 0 Å². The lowest BCUT2D eigenvalue weighted by Gasteiger charge is -2.28. The summed E-state index contributed by atoms with van der Waals surface area (Å²) in [5.41, 5.74) is 10.3. The number of hydrogen-bond donors (Lipinski definition) is 3. The maximum Gasteiger partial charge on any atom is 0.442 e.